The summed E-state index contributed by atoms with van der Waals surface area (Å²) in [7, 11) is 1.91. The van der Waals surface area contributed by atoms with Gasteiger partial charge in [-0.25, -0.2) is 9.37 Å². The summed E-state index contributed by atoms with van der Waals surface area (Å²) in [6.45, 7) is 2.78. The van der Waals surface area contributed by atoms with E-state index in [1.54, 1.807) is 18.3 Å². The van der Waals surface area contributed by atoms with Gasteiger partial charge in [0.05, 0.1) is 12.5 Å². The maximum absolute atomic E-state index is 13.3. The molecule has 5 nitrogen and oxygen atoms in total. The van der Waals surface area contributed by atoms with E-state index in [0.29, 0.717) is 19.6 Å². The van der Waals surface area contributed by atoms with Gasteiger partial charge in [0, 0.05) is 32.5 Å². The third kappa shape index (κ3) is 4.20. The Morgan fingerprint density at radius 1 is 1.46 bits per heavy atom. The van der Waals surface area contributed by atoms with Crippen LogP contribution < -0.4 is 5.32 Å². The van der Waals surface area contributed by atoms with Crippen molar-refractivity contribution in [3.8, 4) is 0 Å². The molecule has 1 aromatic heterocycles. The van der Waals surface area contributed by atoms with Gasteiger partial charge in [-0.1, -0.05) is 12.1 Å². The zero-order chi connectivity index (χ0) is 16.9. The van der Waals surface area contributed by atoms with Gasteiger partial charge in [-0.05, 0) is 37.1 Å². The number of piperidine rings is 1. The molecule has 1 aliphatic rings. The minimum atomic E-state index is -0.214. The summed E-state index contributed by atoms with van der Waals surface area (Å²) in [4.78, 5) is 18.9. The smallest absolute Gasteiger partial charge is 0.224 e. The molecule has 1 fully saturated rings. The quantitative estimate of drug-likeness (QED) is 0.913. The lowest BCUT2D eigenvalue weighted by Gasteiger charge is -2.32. The first-order valence-corrected chi connectivity index (χ1v) is 8.32. The Morgan fingerprint density at radius 3 is 3.08 bits per heavy atom. The lowest BCUT2D eigenvalue weighted by atomic mass is 9.96. The van der Waals surface area contributed by atoms with E-state index >= 15 is 0 Å². The number of aromatic nitrogens is 2. The number of imidazole rings is 1. The molecule has 1 aromatic carbocycles. The van der Waals surface area contributed by atoms with Crippen LogP contribution in [0.25, 0.3) is 0 Å². The van der Waals surface area contributed by atoms with Crippen LogP contribution in [0.5, 0.6) is 0 Å². The summed E-state index contributed by atoms with van der Waals surface area (Å²) in [5.41, 5.74) is 0.948. The summed E-state index contributed by atoms with van der Waals surface area (Å²) < 4.78 is 15.2. The number of hydrogen-bond acceptors (Lipinski definition) is 3. The van der Waals surface area contributed by atoms with E-state index in [1.165, 1.54) is 6.07 Å². The van der Waals surface area contributed by atoms with Gasteiger partial charge in [0.2, 0.25) is 5.91 Å². The molecule has 0 spiro atoms. The summed E-state index contributed by atoms with van der Waals surface area (Å²) >= 11 is 0. The fraction of sp³-hybridized carbons (Fsp3) is 0.444. The number of carbonyl (C=O) groups excluding carboxylic acids is 1. The van der Waals surface area contributed by atoms with Crippen LogP contribution >= 0.6 is 0 Å². The number of halogens is 1. The van der Waals surface area contributed by atoms with E-state index in [9.17, 15) is 9.18 Å². The molecule has 0 bridgehead atoms. The van der Waals surface area contributed by atoms with Crippen LogP contribution in [0.15, 0.2) is 36.7 Å². The molecule has 0 radical (unpaired) electrons. The van der Waals surface area contributed by atoms with Crippen molar-refractivity contribution in [1.29, 1.82) is 0 Å². The molecule has 1 amide bonds. The molecular formula is C18H23FN4O. The fourth-order valence-corrected chi connectivity index (χ4v) is 3.18. The minimum Gasteiger partial charge on any atom is -0.349 e. The molecular weight excluding hydrogens is 307 g/mol. The maximum atomic E-state index is 13.3. The molecule has 3 rings (SSSR count). The van der Waals surface area contributed by atoms with Gasteiger partial charge in [0.25, 0.3) is 0 Å². The van der Waals surface area contributed by atoms with Crippen molar-refractivity contribution < 1.29 is 9.18 Å². The van der Waals surface area contributed by atoms with Crippen LogP contribution in [0.4, 0.5) is 4.39 Å². The average molecular weight is 330 g/mol. The van der Waals surface area contributed by atoms with Crippen molar-refractivity contribution in [2.24, 2.45) is 13.0 Å². The summed E-state index contributed by atoms with van der Waals surface area (Å²) in [6.07, 6.45) is 5.47. The molecule has 1 N–H and O–H groups in total. The zero-order valence-electron chi connectivity index (χ0n) is 13.9. The second-order valence-corrected chi connectivity index (χ2v) is 6.38. The molecule has 0 saturated carbocycles. The summed E-state index contributed by atoms with van der Waals surface area (Å²) in [5, 5.41) is 2.98. The lowest BCUT2D eigenvalue weighted by Crippen LogP contribution is -2.42. The number of likely N-dealkylation sites (tertiary alicyclic amines) is 1. The largest absolute Gasteiger partial charge is 0.349 e. The number of nitrogens with one attached hydrogen (secondary N) is 1. The van der Waals surface area contributed by atoms with Crippen LogP contribution in [0.3, 0.4) is 0 Å². The lowest BCUT2D eigenvalue weighted by molar-refractivity contribution is -0.127. The Hall–Kier alpha value is -2.21. The van der Waals surface area contributed by atoms with Crippen molar-refractivity contribution in [3.63, 3.8) is 0 Å². The molecule has 6 heteroatoms. The Balaban J connectivity index is 1.53. The first kappa shape index (κ1) is 16.6. The zero-order valence-corrected chi connectivity index (χ0v) is 13.9. The van der Waals surface area contributed by atoms with Gasteiger partial charge in [-0.2, -0.15) is 0 Å². The van der Waals surface area contributed by atoms with Crippen molar-refractivity contribution >= 4 is 5.91 Å². The van der Waals surface area contributed by atoms with E-state index in [0.717, 1.165) is 30.8 Å². The number of carbonyl (C=O) groups is 1. The monoisotopic (exact) mass is 330 g/mol. The number of benzene rings is 1. The molecule has 128 valence electrons. The fourth-order valence-electron chi connectivity index (χ4n) is 3.18. The number of aryl methyl sites for hydroxylation is 1. The molecule has 24 heavy (non-hydrogen) atoms. The molecule has 2 heterocycles. The molecule has 0 aliphatic carbocycles. The van der Waals surface area contributed by atoms with E-state index in [-0.39, 0.29) is 17.6 Å². The maximum Gasteiger partial charge on any atom is 0.224 e. The highest BCUT2D eigenvalue weighted by Gasteiger charge is 2.25. The van der Waals surface area contributed by atoms with E-state index in [4.69, 9.17) is 0 Å². The van der Waals surface area contributed by atoms with Crippen molar-refractivity contribution in [2.75, 3.05) is 13.1 Å². The third-order valence-corrected chi connectivity index (χ3v) is 4.51. The van der Waals surface area contributed by atoms with Gasteiger partial charge in [-0.15, -0.1) is 0 Å². The summed E-state index contributed by atoms with van der Waals surface area (Å²) in [5.74, 6) is 0.680. The molecule has 1 aliphatic heterocycles. The van der Waals surface area contributed by atoms with Crippen LogP contribution in [-0.4, -0.2) is 33.4 Å². The first-order chi connectivity index (χ1) is 11.6. The molecule has 2 aromatic rings. The van der Waals surface area contributed by atoms with Crippen molar-refractivity contribution in [1.82, 2.24) is 19.8 Å². The number of rotatable bonds is 5. The number of amides is 1. The number of nitrogens with zero attached hydrogens (tertiary/aromatic N) is 3. The number of hydrogen-bond donors (Lipinski definition) is 1. The Labute approximate surface area is 141 Å². The van der Waals surface area contributed by atoms with Gasteiger partial charge in [0.1, 0.15) is 11.6 Å². The average Bonchev–Trinajstić information content (AvgIpc) is 2.98. The normalized spacial score (nSPS) is 18.5. The molecule has 0 unspecified atom stereocenters. The van der Waals surface area contributed by atoms with Gasteiger partial charge in [-0.3, -0.25) is 9.69 Å². The van der Waals surface area contributed by atoms with Crippen molar-refractivity contribution in [3.05, 3.63) is 53.9 Å². The predicted octanol–water partition coefficient (Wildman–Crippen LogP) is 2.09. The predicted molar refractivity (Wildman–Crippen MR) is 89.5 cm³/mol. The standard InChI is InChI=1S/C18H23FN4O/c1-22-9-7-20-17(22)11-21-18(24)15-5-3-8-23(13-15)12-14-4-2-6-16(19)10-14/h2,4,6-7,9-10,15H,3,5,8,11-13H2,1H3,(H,21,24)/t15-/m0/s1. The molecule has 1 saturated heterocycles. The summed E-state index contributed by atoms with van der Waals surface area (Å²) in [6, 6.07) is 6.66. The Kier molecular flexibility index (Phi) is 5.25. The highest BCUT2D eigenvalue weighted by atomic mass is 19.1. The van der Waals surface area contributed by atoms with Gasteiger partial charge >= 0.3 is 0 Å². The van der Waals surface area contributed by atoms with Gasteiger partial charge < -0.3 is 9.88 Å². The highest BCUT2D eigenvalue weighted by molar-refractivity contribution is 5.78. The third-order valence-electron chi connectivity index (χ3n) is 4.51. The second-order valence-electron chi connectivity index (χ2n) is 6.38. The van der Waals surface area contributed by atoms with E-state index in [2.05, 4.69) is 15.2 Å². The van der Waals surface area contributed by atoms with Crippen LogP contribution in [0.2, 0.25) is 0 Å². The Morgan fingerprint density at radius 2 is 2.33 bits per heavy atom. The van der Waals surface area contributed by atoms with Crippen molar-refractivity contribution in [2.45, 2.75) is 25.9 Å². The first-order valence-electron chi connectivity index (χ1n) is 8.32. The highest BCUT2D eigenvalue weighted by Crippen LogP contribution is 2.19. The van der Waals surface area contributed by atoms with E-state index < -0.39 is 0 Å². The van der Waals surface area contributed by atoms with Crippen LogP contribution in [-0.2, 0) is 24.9 Å². The van der Waals surface area contributed by atoms with Crippen LogP contribution in [0, 0.1) is 11.7 Å². The molecule has 1 atom stereocenters. The topological polar surface area (TPSA) is 50.2 Å². The second kappa shape index (κ2) is 7.57. The van der Waals surface area contributed by atoms with Crippen LogP contribution in [0.1, 0.15) is 24.2 Å². The minimum absolute atomic E-state index is 0.0208. The van der Waals surface area contributed by atoms with Gasteiger partial charge in [0.15, 0.2) is 0 Å². The Bertz CT molecular complexity index is 700. The van der Waals surface area contributed by atoms with E-state index in [1.807, 2.05) is 23.9 Å². The SMILES string of the molecule is Cn1ccnc1CNC(=O)[C@H]1CCCN(Cc2cccc(F)c2)C1.